The summed E-state index contributed by atoms with van der Waals surface area (Å²) in [5, 5.41) is 0. The predicted octanol–water partition coefficient (Wildman–Crippen LogP) is 4.03. The molecule has 0 aromatic heterocycles. The zero-order chi connectivity index (χ0) is 19.6. The average molecular weight is 374 g/mol. The minimum Gasteiger partial charge on any atom is -0.463 e. The Morgan fingerprint density at radius 1 is 1.30 bits per heavy atom. The van der Waals surface area contributed by atoms with Gasteiger partial charge in [-0.3, -0.25) is 4.79 Å². The van der Waals surface area contributed by atoms with Gasteiger partial charge >= 0.3 is 11.9 Å². The normalized spacial score (nSPS) is 38.3. The van der Waals surface area contributed by atoms with Gasteiger partial charge in [-0.25, -0.2) is 4.79 Å². The van der Waals surface area contributed by atoms with Crippen molar-refractivity contribution in [3.8, 4) is 0 Å². The van der Waals surface area contributed by atoms with Crippen LogP contribution in [0.25, 0.3) is 0 Å². The first-order chi connectivity index (χ1) is 12.8. The molecule has 3 rings (SSSR count). The zero-order valence-corrected chi connectivity index (χ0v) is 16.6. The lowest BCUT2D eigenvalue weighted by Gasteiger charge is -2.19. The fourth-order valence-corrected chi connectivity index (χ4v) is 4.15. The van der Waals surface area contributed by atoms with Crippen molar-refractivity contribution in [2.75, 3.05) is 6.61 Å². The van der Waals surface area contributed by atoms with Crippen molar-refractivity contribution in [1.82, 2.24) is 0 Å². The van der Waals surface area contributed by atoms with Crippen LogP contribution < -0.4 is 0 Å². The molecule has 2 fully saturated rings. The Morgan fingerprint density at radius 2 is 2.04 bits per heavy atom. The van der Waals surface area contributed by atoms with E-state index in [9.17, 15) is 9.59 Å². The van der Waals surface area contributed by atoms with Gasteiger partial charge in [-0.15, -0.1) is 0 Å². The van der Waals surface area contributed by atoms with Gasteiger partial charge < -0.3 is 14.2 Å². The molecule has 27 heavy (non-hydrogen) atoms. The smallest absolute Gasteiger partial charge is 0.334 e. The molecule has 0 amide bonds. The van der Waals surface area contributed by atoms with Gasteiger partial charge in [0.05, 0.1) is 6.10 Å². The number of allylic oxidation sites excluding steroid dienone is 3. The van der Waals surface area contributed by atoms with Gasteiger partial charge in [-0.1, -0.05) is 29.9 Å². The molecule has 0 N–H and O–H groups in total. The van der Waals surface area contributed by atoms with E-state index in [1.807, 2.05) is 0 Å². The zero-order valence-electron chi connectivity index (χ0n) is 16.6. The highest BCUT2D eigenvalue weighted by molar-refractivity contribution is 5.90. The third kappa shape index (κ3) is 4.70. The maximum absolute atomic E-state index is 12.1. The summed E-state index contributed by atoms with van der Waals surface area (Å²) in [5.74, 6) is -0.650. The summed E-state index contributed by atoms with van der Waals surface area (Å²) in [7, 11) is 0. The van der Waals surface area contributed by atoms with E-state index >= 15 is 0 Å². The topological polar surface area (TPSA) is 65.1 Å². The van der Waals surface area contributed by atoms with E-state index in [2.05, 4.69) is 32.6 Å². The molecule has 5 heteroatoms. The Balaban J connectivity index is 1.80. The Hall–Kier alpha value is -1.88. The minimum atomic E-state index is -0.450. The summed E-state index contributed by atoms with van der Waals surface area (Å²) in [6, 6.07) is 0. The highest BCUT2D eigenvalue weighted by atomic mass is 16.6. The number of esters is 2. The average Bonchev–Trinajstić information content (AvgIpc) is 3.21. The van der Waals surface area contributed by atoms with Crippen LogP contribution in [0, 0.1) is 5.92 Å². The third-order valence-electron chi connectivity index (χ3n) is 5.93. The highest BCUT2D eigenvalue weighted by Crippen LogP contribution is 2.48. The van der Waals surface area contributed by atoms with E-state index in [1.165, 1.54) is 18.1 Å². The van der Waals surface area contributed by atoms with Crippen LogP contribution in [0.1, 0.15) is 59.3 Å². The number of epoxide rings is 1. The first-order valence-electron chi connectivity index (χ1n) is 9.83. The summed E-state index contributed by atoms with van der Waals surface area (Å²) >= 11 is 0. The molecule has 2 saturated heterocycles. The van der Waals surface area contributed by atoms with Gasteiger partial charge in [0.15, 0.2) is 0 Å². The number of rotatable bonds is 2. The molecule has 0 spiro atoms. The second-order valence-electron chi connectivity index (χ2n) is 8.15. The fraction of sp³-hybridized carbons (Fsp3) is 0.636. The molecule has 0 radical (unpaired) electrons. The van der Waals surface area contributed by atoms with Crippen molar-refractivity contribution in [2.24, 2.45) is 5.92 Å². The Bertz CT molecular complexity index is 689. The lowest BCUT2D eigenvalue weighted by Crippen LogP contribution is -2.27. The van der Waals surface area contributed by atoms with Crippen molar-refractivity contribution < 1.29 is 23.8 Å². The van der Waals surface area contributed by atoms with Crippen LogP contribution in [0.3, 0.4) is 0 Å². The summed E-state index contributed by atoms with van der Waals surface area (Å²) in [6.07, 6.45) is 9.35. The largest absolute Gasteiger partial charge is 0.463 e. The first kappa shape index (κ1) is 19.9. The number of carbonyl (C=O) groups excluding carboxylic acids is 2. The van der Waals surface area contributed by atoms with Gasteiger partial charge in [0.1, 0.15) is 18.3 Å². The summed E-state index contributed by atoms with van der Waals surface area (Å²) in [5.41, 5.74) is 2.68. The van der Waals surface area contributed by atoms with Crippen molar-refractivity contribution in [1.29, 1.82) is 0 Å². The predicted molar refractivity (Wildman–Crippen MR) is 102 cm³/mol. The van der Waals surface area contributed by atoms with Gasteiger partial charge in [0.2, 0.25) is 0 Å². The Morgan fingerprint density at radius 3 is 2.78 bits per heavy atom. The molecule has 0 bridgehead atoms. The molecule has 5 nitrogen and oxygen atoms in total. The molecular weight excluding hydrogens is 344 g/mol. The number of ether oxygens (including phenoxy) is 3. The summed E-state index contributed by atoms with van der Waals surface area (Å²) < 4.78 is 16.9. The van der Waals surface area contributed by atoms with E-state index in [-0.39, 0.29) is 36.7 Å². The number of hydrogen-bond acceptors (Lipinski definition) is 5. The number of carbonyl (C=O) groups is 2. The van der Waals surface area contributed by atoms with Crippen LogP contribution in [-0.2, 0) is 23.8 Å². The van der Waals surface area contributed by atoms with Crippen LogP contribution in [0.4, 0.5) is 0 Å². The molecule has 2 heterocycles. The second kappa shape index (κ2) is 8.01. The maximum atomic E-state index is 12.1. The van der Waals surface area contributed by atoms with Crippen molar-refractivity contribution in [3.63, 3.8) is 0 Å². The Labute approximate surface area is 161 Å². The van der Waals surface area contributed by atoms with Gasteiger partial charge in [-0.2, -0.15) is 0 Å². The second-order valence-corrected chi connectivity index (χ2v) is 8.15. The Kier molecular flexibility index (Phi) is 5.89. The maximum Gasteiger partial charge on any atom is 0.334 e. The number of hydrogen-bond donors (Lipinski definition) is 0. The molecule has 3 aliphatic rings. The van der Waals surface area contributed by atoms with Gasteiger partial charge in [0, 0.05) is 24.8 Å². The summed E-state index contributed by atoms with van der Waals surface area (Å²) in [4.78, 5) is 23.4. The first-order valence-corrected chi connectivity index (χ1v) is 9.83. The van der Waals surface area contributed by atoms with Crippen LogP contribution in [0.2, 0.25) is 0 Å². The van der Waals surface area contributed by atoms with Crippen molar-refractivity contribution in [3.05, 3.63) is 35.5 Å². The highest BCUT2D eigenvalue weighted by Gasteiger charge is 2.58. The SMILES string of the molecule is C=C1C(=O)O[C@@H]2C/C(C)=C/CC/C(C)=C/CC[C@]3(COC(C)=O)O[C@H]3CC12. The van der Waals surface area contributed by atoms with Crippen LogP contribution in [0.15, 0.2) is 35.5 Å². The van der Waals surface area contributed by atoms with Gasteiger partial charge in [0.25, 0.3) is 0 Å². The quantitative estimate of drug-likeness (QED) is 0.316. The molecule has 0 aromatic rings. The van der Waals surface area contributed by atoms with Crippen molar-refractivity contribution in [2.45, 2.75) is 77.1 Å². The molecule has 2 aliphatic heterocycles. The lowest BCUT2D eigenvalue weighted by molar-refractivity contribution is -0.143. The minimum absolute atomic E-state index is 0.0449. The van der Waals surface area contributed by atoms with E-state index in [4.69, 9.17) is 14.2 Å². The lowest BCUT2D eigenvalue weighted by atomic mass is 9.85. The standard InChI is InChI=1S/C22H30O5/c1-14-7-5-8-15(2)11-19-18(16(3)21(24)26-19)12-20-22(27-20,10-6-9-14)13-25-17(4)23/h8-9,18-20H,3,5-7,10-13H2,1-2,4H3/b14-9+,15-8+/t18?,19-,20+,22-/m1/s1. The van der Waals surface area contributed by atoms with Crippen LogP contribution in [0.5, 0.6) is 0 Å². The molecule has 4 atom stereocenters. The molecule has 1 aliphatic carbocycles. The van der Waals surface area contributed by atoms with Crippen LogP contribution in [-0.4, -0.2) is 36.4 Å². The van der Waals surface area contributed by atoms with Crippen LogP contribution >= 0.6 is 0 Å². The fourth-order valence-electron chi connectivity index (χ4n) is 4.15. The molecule has 0 aromatic carbocycles. The molecular formula is C22H30O5. The third-order valence-corrected chi connectivity index (χ3v) is 5.93. The summed E-state index contributed by atoms with van der Waals surface area (Å²) in [6.45, 7) is 9.88. The monoisotopic (exact) mass is 374 g/mol. The molecule has 0 saturated carbocycles. The molecule has 1 unspecified atom stereocenters. The number of fused-ring (bicyclic) bond motifs is 2. The van der Waals surface area contributed by atoms with E-state index in [0.29, 0.717) is 12.0 Å². The van der Waals surface area contributed by atoms with E-state index < -0.39 is 5.60 Å². The van der Waals surface area contributed by atoms with Crippen molar-refractivity contribution >= 4 is 11.9 Å². The molecule has 148 valence electrons. The van der Waals surface area contributed by atoms with E-state index in [0.717, 1.165) is 32.1 Å². The van der Waals surface area contributed by atoms with E-state index in [1.54, 1.807) is 0 Å². The van der Waals surface area contributed by atoms with Gasteiger partial charge in [-0.05, 0) is 46.0 Å².